The number of carbonyl (C=O) groups is 3. The topological polar surface area (TPSA) is 88.2 Å². The molecule has 0 radical (unpaired) electrons. The highest BCUT2D eigenvalue weighted by molar-refractivity contribution is 6.07. The van der Waals surface area contributed by atoms with Crippen molar-refractivity contribution in [1.82, 2.24) is 15.1 Å². The molecule has 2 saturated heterocycles. The van der Waals surface area contributed by atoms with Crippen molar-refractivity contribution < 1.29 is 23.9 Å². The van der Waals surface area contributed by atoms with Gasteiger partial charge in [-0.2, -0.15) is 0 Å². The molecule has 2 heterocycles. The van der Waals surface area contributed by atoms with Crippen LogP contribution in [0.15, 0.2) is 30.4 Å². The Hall–Kier alpha value is -3.03. The maximum Gasteiger partial charge on any atom is 0.325 e. The number of nitrogens with zero attached hydrogens (tertiary/aromatic N) is 2. The Bertz CT molecular complexity index is 907. The Kier molecular flexibility index (Phi) is 7.11. The highest BCUT2D eigenvalue weighted by atomic mass is 16.5. The van der Waals surface area contributed by atoms with Gasteiger partial charge in [0, 0.05) is 18.7 Å². The third-order valence-corrected chi connectivity index (χ3v) is 6.56. The summed E-state index contributed by atoms with van der Waals surface area (Å²) in [4.78, 5) is 41.7. The van der Waals surface area contributed by atoms with Crippen LogP contribution in [-0.2, 0) is 16.0 Å². The fraction of sp³-hybridized carbons (Fsp3) is 0.542. The van der Waals surface area contributed by atoms with Gasteiger partial charge >= 0.3 is 6.03 Å². The summed E-state index contributed by atoms with van der Waals surface area (Å²) in [5, 5.41) is 2.97. The zero-order chi connectivity index (χ0) is 23.5. The maximum absolute atomic E-state index is 13.2. The van der Waals surface area contributed by atoms with Crippen molar-refractivity contribution in [3.8, 4) is 11.5 Å². The molecule has 0 bridgehead atoms. The zero-order valence-electron chi connectivity index (χ0n) is 19.4. The molecule has 32 heavy (non-hydrogen) atoms. The first kappa shape index (κ1) is 23.6. The van der Waals surface area contributed by atoms with Crippen molar-refractivity contribution in [2.75, 3.05) is 33.9 Å². The minimum absolute atomic E-state index is 0.00578. The van der Waals surface area contributed by atoms with Crippen molar-refractivity contribution in [2.45, 2.75) is 45.1 Å². The summed E-state index contributed by atoms with van der Waals surface area (Å²) in [6.45, 7) is 8.86. The fourth-order valence-corrected chi connectivity index (χ4v) is 4.78. The largest absolute Gasteiger partial charge is 0.497 e. The highest BCUT2D eigenvalue weighted by Crippen LogP contribution is 2.36. The Morgan fingerprint density at radius 2 is 1.91 bits per heavy atom. The molecule has 0 unspecified atom stereocenters. The van der Waals surface area contributed by atoms with Crippen molar-refractivity contribution in [2.24, 2.45) is 5.92 Å². The van der Waals surface area contributed by atoms with Gasteiger partial charge in [-0.1, -0.05) is 19.1 Å². The number of benzene rings is 1. The predicted octanol–water partition coefficient (Wildman–Crippen LogP) is 2.76. The summed E-state index contributed by atoms with van der Waals surface area (Å²) in [5.41, 5.74) is 0.629. The van der Waals surface area contributed by atoms with Crippen molar-refractivity contribution in [3.05, 3.63) is 35.9 Å². The first-order chi connectivity index (χ1) is 15.2. The Morgan fingerprint density at radius 3 is 2.47 bits per heavy atom. The van der Waals surface area contributed by atoms with Crippen molar-refractivity contribution >= 4 is 17.8 Å². The second-order valence-corrected chi connectivity index (χ2v) is 8.61. The second kappa shape index (κ2) is 9.63. The summed E-state index contributed by atoms with van der Waals surface area (Å²) >= 11 is 0. The van der Waals surface area contributed by atoms with E-state index in [0.29, 0.717) is 43.9 Å². The van der Waals surface area contributed by atoms with Gasteiger partial charge in [0.25, 0.3) is 5.91 Å². The lowest BCUT2D eigenvalue weighted by molar-refractivity contribution is -0.135. The molecule has 0 saturated carbocycles. The minimum atomic E-state index is -0.905. The standard InChI is InChI=1S/C24H33N3O5/c1-6-24(22(29)27(15-16(2)3)23(30)25-24)18-9-11-26(12-10-18)21(28)14-17-13-19(31-4)7-8-20(17)32-5/h7-8,13,18H,2,6,9-12,14-15H2,1,3-5H3,(H,25,30)/t24-/m1/s1. The van der Waals surface area contributed by atoms with Gasteiger partial charge in [-0.05, 0) is 50.3 Å². The predicted molar refractivity (Wildman–Crippen MR) is 121 cm³/mol. The normalized spacial score (nSPS) is 21.5. The molecule has 1 atom stereocenters. The maximum atomic E-state index is 13.2. The summed E-state index contributed by atoms with van der Waals surface area (Å²) in [5.74, 6) is 1.13. The fourth-order valence-electron chi connectivity index (χ4n) is 4.78. The SMILES string of the molecule is C=C(C)CN1C(=O)N[C@](CC)(C2CCN(C(=O)Cc3cc(OC)ccc3OC)CC2)C1=O. The smallest absolute Gasteiger partial charge is 0.325 e. The highest BCUT2D eigenvalue weighted by Gasteiger charge is 2.54. The lowest BCUT2D eigenvalue weighted by Crippen LogP contribution is -2.56. The molecule has 1 N–H and O–H groups in total. The number of piperidine rings is 1. The molecule has 2 fully saturated rings. The van der Waals surface area contributed by atoms with Crippen molar-refractivity contribution in [1.29, 1.82) is 0 Å². The second-order valence-electron chi connectivity index (χ2n) is 8.61. The lowest BCUT2D eigenvalue weighted by atomic mass is 9.75. The van der Waals surface area contributed by atoms with Crippen LogP contribution in [0, 0.1) is 5.92 Å². The third kappa shape index (κ3) is 4.45. The average molecular weight is 444 g/mol. The molecule has 174 valence electrons. The van der Waals surface area contributed by atoms with E-state index < -0.39 is 5.54 Å². The number of ether oxygens (including phenoxy) is 2. The van der Waals surface area contributed by atoms with Gasteiger partial charge in [-0.15, -0.1) is 0 Å². The molecule has 0 spiro atoms. The van der Waals surface area contributed by atoms with E-state index in [9.17, 15) is 14.4 Å². The van der Waals surface area contributed by atoms with Gasteiger partial charge in [0.15, 0.2) is 0 Å². The average Bonchev–Trinajstić information content (AvgIpc) is 3.03. The van der Waals surface area contributed by atoms with E-state index in [0.717, 1.165) is 11.1 Å². The molecule has 1 aromatic rings. The number of hydrogen-bond acceptors (Lipinski definition) is 5. The van der Waals surface area contributed by atoms with Gasteiger partial charge in [0.05, 0.1) is 27.2 Å². The molecule has 2 aliphatic rings. The third-order valence-electron chi connectivity index (χ3n) is 6.56. The van der Waals surface area contributed by atoms with Crippen LogP contribution in [0.25, 0.3) is 0 Å². The van der Waals surface area contributed by atoms with Crippen LogP contribution in [0.2, 0.25) is 0 Å². The molecule has 8 heteroatoms. The summed E-state index contributed by atoms with van der Waals surface area (Å²) in [7, 11) is 3.16. The van der Waals surface area contributed by atoms with Crippen LogP contribution in [0.5, 0.6) is 11.5 Å². The van der Waals surface area contributed by atoms with Crippen molar-refractivity contribution in [3.63, 3.8) is 0 Å². The number of imide groups is 1. The van der Waals surface area contributed by atoms with E-state index in [1.165, 1.54) is 4.90 Å². The number of likely N-dealkylation sites (tertiary alicyclic amines) is 1. The van der Waals surface area contributed by atoms with Crippen LogP contribution in [0.3, 0.4) is 0 Å². The number of carbonyl (C=O) groups excluding carboxylic acids is 3. The van der Waals surface area contributed by atoms with E-state index in [4.69, 9.17) is 9.47 Å². The molecular weight excluding hydrogens is 410 g/mol. The molecule has 3 rings (SSSR count). The molecule has 1 aromatic carbocycles. The Labute approximate surface area is 189 Å². The van der Waals surface area contributed by atoms with Crippen LogP contribution in [-0.4, -0.2) is 67.0 Å². The Balaban J connectivity index is 1.67. The lowest BCUT2D eigenvalue weighted by Gasteiger charge is -2.40. The van der Waals surface area contributed by atoms with Gasteiger partial charge in [0.1, 0.15) is 17.0 Å². The van der Waals surface area contributed by atoms with Crippen LogP contribution < -0.4 is 14.8 Å². The molecule has 0 aliphatic carbocycles. The number of nitrogens with one attached hydrogen (secondary N) is 1. The van der Waals surface area contributed by atoms with E-state index in [2.05, 4.69) is 11.9 Å². The van der Waals surface area contributed by atoms with E-state index in [1.54, 1.807) is 33.3 Å². The molecule has 0 aromatic heterocycles. The minimum Gasteiger partial charge on any atom is -0.497 e. The monoisotopic (exact) mass is 443 g/mol. The molecule has 4 amide bonds. The number of hydrogen-bond donors (Lipinski definition) is 1. The van der Waals surface area contributed by atoms with Gasteiger partial charge in [0.2, 0.25) is 5.91 Å². The van der Waals surface area contributed by atoms with E-state index in [1.807, 2.05) is 17.9 Å². The summed E-state index contributed by atoms with van der Waals surface area (Å²) in [6.07, 6.45) is 2.04. The first-order valence-electron chi connectivity index (χ1n) is 11.0. The zero-order valence-corrected chi connectivity index (χ0v) is 19.4. The van der Waals surface area contributed by atoms with E-state index >= 15 is 0 Å². The van der Waals surface area contributed by atoms with E-state index in [-0.39, 0.29) is 36.7 Å². The molecule has 2 aliphatic heterocycles. The number of urea groups is 1. The first-order valence-corrected chi connectivity index (χ1v) is 11.0. The summed E-state index contributed by atoms with van der Waals surface area (Å²) < 4.78 is 10.7. The Morgan fingerprint density at radius 1 is 1.22 bits per heavy atom. The van der Waals surface area contributed by atoms with Gasteiger partial charge < -0.3 is 19.7 Å². The van der Waals surface area contributed by atoms with Crippen LogP contribution >= 0.6 is 0 Å². The van der Waals surface area contributed by atoms with Crippen LogP contribution in [0.1, 0.15) is 38.7 Å². The quantitative estimate of drug-likeness (QED) is 0.493. The molecule has 8 nitrogen and oxygen atoms in total. The van der Waals surface area contributed by atoms with Crippen LogP contribution in [0.4, 0.5) is 4.79 Å². The summed E-state index contributed by atoms with van der Waals surface area (Å²) in [6, 6.07) is 5.05. The number of methoxy groups -OCH3 is 2. The molecular formula is C24H33N3O5. The number of rotatable bonds is 8. The number of amides is 4. The van der Waals surface area contributed by atoms with Gasteiger partial charge in [-0.25, -0.2) is 4.79 Å². The van der Waals surface area contributed by atoms with Gasteiger partial charge in [-0.3, -0.25) is 14.5 Å².